The average Bonchev–Trinajstić information content (AvgIpc) is 2.86. The maximum atomic E-state index is 6.16. The molecule has 2 atom stereocenters. The van der Waals surface area contributed by atoms with Crippen molar-refractivity contribution in [3.05, 3.63) is 29.8 Å². The van der Waals surface area contributed by atoms with Crippen LogP contribution in [0.15, 0.2) is 29.3 Å². The first-order chi connectivity index (χ1) is 8.62. The molecule has 1 aliphatic heterocycles. The number of rotatable bonds is 1. The number of guanidine groups is 1. The van der Waals surface area contributed by atoms with E-state index in [1.165, 1.54) is 30.5 Å². The molecule has 2 unspecified atom stereocenters. The van der Waals surface area contributed by atoms with E-state index >= 15 is 0 Å². The summed E-state index contributed by atoms with van der Waals surface area (Å²) in [7, 11) is 0. The van der Waals surface area contributed by atoms with Gasteiger partial charge in [0.15, 0.2) is 5.96 Å². The molecule has 3 rings (SSSR count). The van der Waals surface area contributed by atoms with E-state index in [1.54, 1.807) is 0 Å². The fourth-order valence-corrected chi connectivity index (χ4v) is 3.52. The lowest BCUT2D eigenvalue weighted by Gasteiger charge is -2.37. The quantitative estimate of drug-likeness (QED) is 0.824. The summed E-state index contributed by atoms with van der Waals surface area (Å²) in [6, 6.07) is 8.47. The van der Waals surface area contributed by atoms with E-state index in [1.807, 2.05) is 0 Å². The van der Waals surface area contributed by atoms with E-state index < -0.39 is 0 Å². The van der Waals surface area contributed by atoms with Crippen LogP contribution in [0, 0.1) is 12.8 Å². The van der Waals surface area contributed by atoms with Crippen LogP contribution in [-0.4, -0.2) is 18.0 Å². The van der Waals surface area contributed by atoms with Gasteiger partial charge in [0.05, 0.1) is 12.1 Å². The Labute approximate surface area is 109 Å². The Bertz CT molecular complexity index is 494. The summed E-state index contributed by atoms with van der Waals surface area (Å²) in [4.78, 5) is 6.82. The molecule has 18 heavy (non-hydrogen) atoms. The Morgan fingerprint density at radius 3 is 2.83 bits per heavy atom. The standard InChI is InChI=1S/C15H21N3/c1-11-7-8-15(9-11)10-17-14(16)18(15)13-6-4-3-5-12(13)2/h3-6,11H,7-10H2,1-2H3,(H2,16,17). The molecule has 1 aromatic carbocycles. The third-order valence-corrected chi connectivity index (χ3v) is 4.43. The normalized spacial score (nSPS) is 31.1. The highest BCUT2D eigenvalue weighted by Crippen LogP contribution is 2.44. The third kappa shape index (κ3) is 1.61. The molecule has 2 aliphatic rings. The first-order valence-corrected chi connectivity index (χ1v) is 6.78. The lowest BCUT2D eigenvalue weighted by molar-refractivity contribution is 0.451. The van der Waals surface area contributed by atoms with Gasteiger partial charge in [-0.05, 0) is 43.7 Å². The molecule has 2 N–H and O–H groups in total. The van der Waals surface area contributed by atoms with E-state index in [9.17, 15) is 0 Å². The van der Waals surface area contributed by atoms with Gasteiger partial charge in [-0.3, -0.25) is 4.99 Å². The van der Waals surface area contributed by atoms with Crippen molar-refractivity contribution >= 4 is 11.6 Å². The maximum Gasteiger partial charge on any atom is 0.196 e. The van der Waals surface area contributed by atoms with Gasteiger partial charge in [-0.1, -0.05) is 25.1 Å². The second-order valence-electron chi connectivity index (χ2n) is 5.87. The smallest absolute Gasteiger partial charge is 0.196 e. The van der Waals surface area contributed by atoms with Crippen molar-refractivity contribution in [1.29, 1.82) is 0 Å². The number of para-hydroxylation sites is 1. The minimum Gasteiger partial charge on any atom is -0.369 e. The van der Waals surface area contributed by atoms with Gasteiger partial charge in [0.1, 0.15) is 0 Å². The van der Waals surface area contributed by atoms with Crippen LogP contribution in [0.25, 0.3) is 0 Å². The molecular weight excluding hydrogens is 222 g/mol. The molecule has 0 saturated heterocycles. The van der Waals surface area contributed by atoms with Gasteiger partial charge in [0.2, 0.25) is 0 Å². The molecule has 3 heteroatoms. The minimum atomic E-state index is 0.148. The molecule has 0 aromatic heterocycles. The molecule has 1 fully saturated rings. The predicted octanol–water partition coefficient (Wildman–Crippen LogP) is 2.69. The number of nitrogens with two attached hydrogens (primary N) is 1. The molecule has 1 aliphatic carbocycles. The van der Waals surface area contributed by atoms with Gasteiger partial charge in [0, 0.05) is 5.69 Å². The van der Waals surface area contributed by atoms with Crippen molar-refractivity contribution in [3.8, 4) is 0 Å². The summed E-state index contributed by atoms with van der Waals surface area (Å²) in [6.07, 6.45) is 3.68. The number of hydrogen-bond donors (Lipinski definition) is 1. The van der Waals surface area contributed by atoms with Crippen LogP contribution in [-0.2, 0) is 0 Å². The average molecular weight is 243 g/mol. The molecular formula is C15H21N3. The summed E-state index contributed by atoms with van der Waals surface area (Å²) in [6.45, 7) is 5.34. The Hall–Kier alpha value is -1.51. The molecule has 1 spiro atoms. The van der Waals surface area contributed by atoms with E-state index in [4.69, 9.17) is 5.73 Å². The van der Waals surface area contributed by atoms with Gasteiger partial charge in [0.25, 0.3) is 0 Å². The largest absolute Gasteiger partial charge is 0.369 e. The van der Waals surface area contributed by atoms with Gasteiger partial charge < -0.3 is 10.6 Å². The van der Waals surface area contributed by atoms with Gasteiger partial charge >= 0.3 is 0 Å². The highest BCUT2D eigenvalue weighted by molar-refractivity contribution is 5.99. The van der Waals surface area contributed by atoms with Crippen molar-refractivity contribution in [2.45, 2.75) is 38.6 Å². The maximum absolute atomic E-state index is 6.16. The van der Waals surface area contributed by atoms with Crippen LogP contribution in [0.3, 0.4) is 0 Å². The predicted molar refractivity (Wildman–Crippen MR) is 75.9 cm³/mol. The summed E-state index contributed by atoms with van der Waals surface area (Å²) < 4.78 is 0. The van der Waals surface area contributed by atoms with E-state index in [0.29, 0.717) is 5.96 Å². The number of anilines is 1. The van der Waals surface area contributed by atoms with Gasteiger partial charge in [-0.2, -0.15) is 0 Å². The third-order valence-electron chi connectivity index (χ3n) is 4.43. The summed E-state index contributed by atoms with van der Waals surface area (Å²) in [5.41, 5.74) is 8.81. The van der Waals surface area contributed by atoms with Crippen molar-refractivity contribution in [1.82, 2.24) is 0 Å². The second-order valence-corrected chi connectivity index (χ2v) is 5.87. The van der Waals surface area contributed by atoms with Crippen molar-refractivity contribution in [3.63, 3.8) is 0 Å². The molecule has 0 bridgehead atoms. The highest BCUT2D eigenvalue weighted by Gasteiger charge is 2.47. The lowest BCUT2D eigenvalue weighted by atomic mass is 9.94. The summed E-state index contributed by atoms with van der Waals surface area (Å²) in [5, 5.41) is 0. The Morgan fingerprint density at radius 2 is 2.17 bits per heavy atom. The van der Waals surface area contributed by atoms with Crippen LogP contribution in [0.1, 0.15) is 31.7 Å². The Balaban J connectivity index is 2.03. The van der Waals surface area contributed by atoms with Crippen molar-refractivity contribution in [2.24, 2.45) is 16.6 Å². The second kappa shape index (κ2) is 4.01. The van der Waals surface area contributed by atoms with Crippen LogP contribution in [0.4, 0.5) is 5.69 Å². The molecule has 1 aromatic rings. The zero-order chi connectivity index (χ0) is 12.8. The first kappa shape index (κ1) is 11.6. The van der Waals surface area contributed by atoms with Crippen molar-refractivity contribution in [2.75, 3.05) is 11.4 Å². The zero-order valence-corrected chi connectivity index (χ0v) is 11.2. The number of benzene rings is 1. The number of nitrogens with zero attached hydrogens (tertiary/aromatic N) is 2. The molecule has 1 heterocycles. The van der Waals surface area contributed by atoms with Gasteiger partial charge in [-0.25, -0.2) is 0 Å². The lowest BCUT2D eigenvalue weighted by Crippen LogP contribution is -2.50. The number of aliphatic imine (C=N–C) groups is 1. The molecule has 0 amide bonds. The Kier molecular flexibility index (Phi) is 2.58. The van der Waals surface area contributed by atoms with Crippen LogP contribution < -0.4 is 10.6 Å². The molecule has 3 nitrogen and oxygen atoms in total. The van der Waals surface area contributed by atoms with Gasteiger partial charge in [-0.15, -0.1) is 0 Å². The number of aryl methyl sites for hydroxylation is 1. The van der Waals surface area contributed by atoms with Crippen LogP contribution in [0.2, 0.25) is 0 Å². The zero-order valence-electron chi connectivity index (χ0n) is 11.2. The Morgan fingerprint density at radius 1 is 1.39 bits per heavy atom. The van der Waals surface area contributed by atoms with Crippen LogP contribution >= 0.6 is 0 Å². The first-order valence-electron chi connectivity index (χ1n) is 6.78. The summed E-state index contributed by atoms with van der Waals surface area (Å²) >= 11 is 0. The monoisotopic (exact) mass is 243 g/mol. The van der Waals surface area contributed by atoms with E-state index in [2.05, 4.69) is 48.0 Å². The van der Waals surface area contributed by atoms with E-state index in [-0.39, 0.29) is 5.54 Å². The fraction of sp³-hybridized carbons (Fsp3) is 0.533. The SMILES string of the molecule is Cc1ccccc1N1C(N)=NCC12CCC(C)C2. The summed E-state index contributed by atoms with van der Waals surface area (Å²) in [5.74, 6) is 1.47. The van der Waals surface area contributed by atoms with Crippen molar-refractivity contribution < 1.29 is 0 Å². The highest BCUT2D eigenvalue weighted by atomic mass is 15.4. The van der Waals surface area contributed by atoms with Crippen LogP contribution in [0.5, 0.6) is 0 Å². The minimum absolute atomic E-state index is 0.148. The topological polar surface area (TPSA) is 41.6 Å². The van der Waals surface area contributed by atoms with E-state index in [0.717, 1.165) is 12.5 Å². The molecule has 0 radical (unpaired) electrons. The fourth-order valence-electron chi connectivity index (χ4n) is 3.52. The number of hydrogen-bond acceptors (Lipinski definition) is 3. The molecule has 96 valence electrons. The molecule has 1 saturated carbocycles.